The second kappa shape index (κ2) is 5.42. The maximum atomic E-state index is 9.78. The van der Waals surface area contributed by atoms with Crippen molar-refractivity contribution in [2.75, 3.05) is 0 Å². The number of aryl methyl sites for hydroxylation is 1. The summed E-state index contributed by atoms with van der Waals surface area (Å²) in [6, 6.07) is 4.72. The predicted molar refractivity (Wildman–Crippen MR) is 74.1 cm³/mol. The van der Waals surface area contributed by atoms with Gasteiger partial charge in [-0.15, -0.1) is 0 Å². The third-order valence-electron chi connectivity index (χ3n) is 3.04. The van der Waals surface area contributed by atoms with Gasteiger partial charge in [0.2, 0.25) is 0 Å². The highest BCUT2D eigenvalue weighted by Gasteiger charge is 2.11. The largest absolute Gasteiger partial charge is 0.508 e. The molecular weight excluding hydrogens is 246 g/mol. The normalized spacial score (nSPS) is 12.6. The third-order valence-corrected chi connectivity index (χ3v) is 3.95. The van der Waals surface area contributed by atoms with Gasteiger partial charge in [0.1, 0.15) is 11.5 Å². The van der Waals surface area contributed by atoms with Crippen LogP contribution in [-0.4, -0.2) is 10.2 Å². The summed E-state index contributed by atoms with van der Waals surface area (Å²) in [5, 5.41) is 26.7. The molecule has 2 rings (SSSR count). The van der Waals surface area contributed by atoms with E-state index in [-0.39, 0.29) is 17.5 Å². The van der Waals surface area contributed by atoms with Crippen molar-refractivity contribution in [3.8, 4) is 11.5 Å². The van der Waals surface area contributed by atoms with Gasteiger partial charge < -0.3 is 15.5 Å². The molecule has 0 saturated heterocycles. The van der Waals surface area contributed by atoms with E-state index in [4.69, 9.17) is 0 Å². The molecule has 0 aliphatic carbocycles. The van der Waals surface area contributed by atoms with Crippen molar-refractivity contribution in [2.45, 2.75) is 26.4 Å². The van der Waals surface area contributed by atoms with Crippen LogP contribution in [0.15, 0.2) is 29.0 Å². The van der Waals surface area contributed by atoms with E-state index in [1.54, 1.807) is 23.5 Å². The summed E-state index contributed by atoms with van der Waals surface area (Å²) in [7, 11) is 0. The average molecular weight is 263 g/mol. The number of aromatic hydroxyl groups is 2. The van der Waals surface area contributed by atoms with E-state index in [1.165, 1.54) is 17.2 Å². The van der Waals surface area contributed by atoms with Crippen LogP contribution in [0.25, 0.3) is 0 Å². The van der Waals surface area contributed by atoms with Crippen molar-refractivity contribution in [1.82, 2.24) is 5.32 Å². The molecule has 4 heteroatoms. The number of thiophene rings is 1. The maximum Gasteiger partial charge on any atom is 0.124 e. The summed E-state index contributed by atoms with van der Waals surface area (Å²) in [5.74, 6) is 0.203. The fourth-order valence-electron chi connectivity index (χ4n) is 1.84. The molecule has 0 bridgehead atoms. The van der Waals surface area contributed by atoms with Gasteiger partial charge in [0.05, 0.1) is 0 Å². The summed E-state index contributed by atoms with van der Waals surface area (Å²) >= 11 is 1.70. The zero-order chi connectivity index (χ0) is 13.1. The first kappa shape index (κ1) is 12.9. The Kier molecular flexibility index (Phi) is 3.89. The van der Waals surface area contributed by atoms with Gasteiger partial charge in [0.25, 0.3) is 0 Å². The fraction of sp³-hybridized carbons (Fsp3) is 0.286. The van der Waals surface area contributed by atoms with Gasteiger partial charge in [-0.3, -0.25) is 0 Å². The Morgan fingerprint density at radius 3 is 2.67 bits per heavy atom. The minimum atomic E-state index is 0.0323. The first-order valence-electron chi connectivity index (χ1n) is 5.85. The number of rotatable bonds is 4. The SMILES string of the molecule is Cc1cscc1CNC(C)c1ccc(O)cc1O. The van der Waals surface area contributed by atoms with Crippen LogP contribution in [-0.2, 0) is 6.54 Å². The van der Waals surface area contributed by atoms with Gasteiger partial charge in [0.15, 0.2) is 0 Å². The summed E-state index contributed by atoms with van der Waals surface area (Å²) in [6.07, 6.45) is 0. The molecule has 0 amide bonds. The Hall–Kier alpha value is -1.52. The van der Waals surface area contributed by atoms with Crippen LogP contribution in [0.2, 0.25) is 0 Å². The number of nitrogens with one attached hydrogen (secondary N) is 1. The molecule has 1 atom stereocenters. The Bertz CT molecular complexity index is 536. The van der Waals surface area contributed by atoms with Crippen LogP contribution in [0, 0.1) is 6.92 Å². The lowest BCUT2D eigenvalue weighted by Crippen LogP contribution is -2.18. The monoisotopic (exact) mass is 263 g/mol. The molecule has 0 radical (unpaired) electrons. The van der Waals surface area contributed by atoms with Crippen molar-refractivity contribution in [1.29, 1.82) is 0 Å². The van der Waals surface area contributed by atoms with Crippen LogP contribution in [0.3, 0.4) is 0 Å². The zero-order valence-corrected chi connectivity index (χ0v) is 11.3. The number of phenolic OH excluding ortho intramolecular Hbond substituents is 2. The van der Waals surface area contributed by atoms with E-state index in [2.05, 4.69) is 23.0 Å². The molecule has 0 fully saturated rings. The quantitative estimate of drug-likeness (QED) is 0.793. The highest BCUT2D eigenvalue weighted by molar-refractivity contribution is 7.08. The lowest BCUT2D eigenvalue weighted by atomic mass is 10.1. The highest BCUT2D eigenvalue weighted by atomic mass is 32.1. The average Bonchev–Trinajstić information content (AvgIpc) is 2.72. The zero-order valence-electron chi connectivity index (χ0n) is 10.5. The predicted octanol–water partition coefficient (Wildman–Crippen LogP) is 3.32. The van der Waals surface area contributed by atoms with Crippen LogP contribution >= 0.6 is 11.3 Å². The van der Waals surface area contributed by atoms with Gasteiger partial charge in [-0.05, 0) is 41.8 Å². The van der Waals surface area contributed by atoms with Gasteiger partial charge in [0, 0.05) is 24.2 Å². The van der Waals surface area contributed by atoms with Gasteiger partial charge in [-0.25, -0.2) is 0 Å². The molecule has 3 N–H and O–H groups in total. The summed E-state index contributed by atoms with van der Waals surface area (Å²) < 4.78 is 0. The summed E-state index contributed by atoms with van der Waals surface area (Å²) in [5.41, 5.74) is 3.36. The van der Waals surface area contributed by atoms with Gasteiger partial charge in [-0.2, -0.15) is 11.3 Å². The Balaban J connectivity index is 2.03. The molecule has 96 valence electrons. The van der Waals surface area contributed by atoms with E-state index < -0.39 is 0 Å². The van der Waals surface area contributed by atoms with Crippen molar-refractivity contribution in [3.05, 3.63) is 45.6 Å². The molecule has 0 spiro atoms. The lowest BCUT2D eigenvalue weighted by Gasteiger charge is -2.15. The summed E-state index contributed by atoms with van der Waals surface area (Å²) in [4.78, 5) is 0. The van der Waals surface area contributed by atoms with Crippen LogP contribution in [0.5, 0.6) is 11.5 Å². The van der Waals surface area contributed by atoms with Crippen molar-refractivity contribution >= 4 is 11.3 Å². The first-order valence-corrected chi connectivity index (χ1v) is 6.79. The first-order chi connectivity index (χ1) is 8.58. The molecule has 0 aliphatic rings. The molecule has 18 heavy (non-hydrogen) atoms. The van der Waals surface area contributed by atoms with Crippen molar-refractivity contribution in [3.63, 3.8) is 0 Å². The van der Waals surface area contributed by atoms with E-state index in [0.717, 1.165) is 12.1 Å². The molecule has 1 aromatic heterocycles. The van der Waals surface area contributed by atoms with E-state index >= 15 is 0 Å². The molecule has 2 aromatic rings. The molecule has 0 saturated carbocycles. The van der Waals surface area contributed by atoms with E-state index in [0.29, 0.717) is 0 Å². The lowest BCUT2D eigenvalue weighted by molar-refractivity contribution is 0.436. The second-order valence-corrected chi connectivity index (χ2v) is 5.17. The molecule has 1 heterocycles. The Morgan fingerprint density at radius 1 is 1.28 bits per heavy atom. The van der Waals surface area contributed by atoms with E-state index in [1.807, 2.05) is 6.92 Å². The van der Waals surface area contributed by atoms with Crippen LogP contribution in [0.4, 0.5) is 0 Å². The number of phenols is 2. The van der Waals surface area contributed by atoms with E-state index in [9.17, 15) is 10.2 Å². The standard InChI is InChI=1S/C14H17NO2S/c1-9-7-18-8-11(9)6-15-10(2)13-4-3-12(16)5-14(13)17/h3-5,7-8,10,15-17H,6H2,1-2H3. The van der Waals surface area contributed by atoms with Crippen LogP contribution in [0.1, 0.15) is 29.7 Å². The number of hydrogen-bond acceptors (Lipinski definition) is 4. The van der Waals surface area contributed by atoms with Gasteiger partial charge >= 0.3 is 0 Å². The van der Waals surface area contributed by atoms with Crippen molar-refractivity contribution < 1.29 is 10.2 Å². The Morgan fingerprint density at radius 2 is 2.06 bits per heavy atom. The molecule has 1 unspecified atom stereocenters. The van der Waals surface area contributed by atoms with Gasteiger partial charge in [-0.1, -0.05) is 6.07 Å². The molecule has 1 aromatic carbocycles. The minimum Gasteiger partial charge on any atom is -0.508 e. The fourth-order valence-corrected chi connectivity index (χ4v) is 2.70. The third kappa shape index (κ3) is 2.83. The maximum absolute atomic E-state index is 9.78. The summed E-state index contributed by atoms with van der Waals surface area (Å²) in [6.45, 7) is 4.86. The smallest absolute Gasteiger partial charge is 0.124 e. The topological polar surface area (TPSA) is 52.5 Å². The van der Waals surface area contributed by atoms with Crippen LogP contribution < -0.4 is 5.32 Å². The number of benzene rings is 1. The number of hydrogen-bond donors (Lipinski definition) is 3. The molecule has 0 aliphatic heterocycles. The molecular formula is C14H17NO2S. The molecule has 3 nitrogen and oxygen atoms in total. The Labute approximate surface area is 111 Å². The highest BCUT2D eigenvalue weighted by Crippen LogP contribution is 2.28. The second-order valence-electron chi connectivity index (χ2n) is 4.43. The van der Waals surface area contributed by atoms with Crippen molar-refractivity contribution in [2.24, 2.45) is 0 Å². The minimum absolute atomic E-state index is 0.0323.